The van der Waals surface area contributed by atoms with Crippen LogP contribution in [-0.2, 0) is 19.3 Å². The molecule has 1 aliphatic heterocycles. The maximum absolute atomic E-state index is 13.0. The second-order valence-electron chi connectivity index (χ2n) is 6.09. The zero-order valence-electron chi connectivity index (χ0n) is 12.2. The largest absolute Gasteiger partial charge is 0.304 e. The van der Waals surface area contributed by atoms with Crippen molar-refractivity contribution in [3.63, 3.8) is 0 Å². The molecule has 0 spiro atoms. The van der Waals surface area contributed by atoms with Gasteiger partial charge in [-0.3, -0.25) is 9.89 Å². The number of carbonyl (C=O) groups is 1. The molecule has 1 N–H and O–H groups in total. The number of amides is 1. The Balaban J connectivity index is 1.74. The minimum Gasteiger partial charge on any atom is -0.304 e. The van der Waals surface area contributed by atoms with Crippen LogP contribution in [0.4, 0.5) is 5.69 Å². The molecule has 4 nitrogen and oxygen atoms in total. The van der Waals surface area contributed by atoms with Gasteiger partial charge in [0.05, 0.1) is 0 Å². The van der Waals surface area contributed by atoms with Gasteiger partial charge in [0.1, 0.15) is 0 Å². The SMILES string of the molecule is CC1Cc2ccccc2N1C(=O)c1n[nH]c2c1CCCC2. The van der Waals surface area contributed by atoms with Gasteiger partial charge < -0.3 is 4.90 Å². The molecule has 2 aliphatic rings. The van der Waals surface area contributed by atoms with E-state index in [1.807, 2.05) is 23.1 Å². The number of aromatic nitrogens is 2. The van der Waals surface area contributed by atoms with E-state index < -0.39 is 0 Å². The van der Waals surface area contributed by atoms with Gasteiger partial charge in [0.2, 0.25) is 0 Å². The van der Waals surface area contributed by atoms with Crippen molar-refractivity contribution in [1.82, 2.24) is 10.2 Å². The van der Waals surface area contributed by atoms with E-state index in [4.69, 9.17) is 0 Å². The number of nitrogens with zero attached hydrogens (tertiary/aromatic N) is 2. The number of hydrogen-bond donors (Lipinski definition) is 1. The summed E-state index contributed by atoms with van der Waals surface area (Å²) < 4.78 is 0. The number of aryl methyl sites for hydroxylation is 1. The van der Waals surface area contributed by atoms with Crippen molar-refractivity contribution in [3.8, 4) is 0 Å². The molecular formula is C17H19N3O. The molecular weight excluding hydrogens is 262 g/mol. The molecule has 4 rings (SSSR count). The molecule has 4 heteroatoms. The van der Waals surface area contributed by atoms with Crippen LogP contribution in [0.15, 0.2) is 24.3 Å². The number of para-hydroxylation sites is 1. The van der Waals surface area contributed by atoms with Crippen LogP contribution < -0.4 is 4.90 Å². The summed E-state index contributed by atoms with van der Waals surface area (Å²) >= 11 is 0. The molecule has 0 bridgehead atoms. The van der Waals surface area contributed by atoms with Crippen molar-refractivity contribution in [2.45, 2.75) is 45.1 Å². The fourth-order valence-electron chi connectivity index (χ4n) is 3.65. The van der Waals surface area contributed by atoms with Gasteiger partial charge in [-0.05, 0) is 50.7 Å². The van der Waals surface area contributed by atoms with E-state index >= 15 is 0 Å². The third kappa shape index (κ3) is 1.89. The molecule has 2 aromatic rings. The van der Waals surface area contributed by atoms with Crippen LogP contribution >= 0.6 is 0 Å². The molecule has 108 valence electrons. The van der Waals surface area contributed by atoms with Gasteiger partial charge in [-0.25, -0.2) is 0 Å². The second kappa shape index (κ2) is 4.72. The molecule has 1 atom stereocenters. The molecule has 1 aromatic heterocycles. The van der Waals surface area contributed by atoms with Crippen LogP contribution in [-0.4, -0.2) is 22.1 Å². The number of anilines is 1. The average molecular weight is 281 g/mol. The summed E-state index contributed by atoms with van der Waals surface area (Å²) in [6.07, 6.45) is 5.25. The lowest BCUT2D eigenvalue weighted by atomic mass is 9.95. The monoisotopic (exact) mass is 281 g/mol. The van der Waals surface area contributed by atoms with Gasteiger partial charge in [-0.2, -0.15) is 5.10 Å². The molecule has 0 saturated carbocycles. The lowest BCUT2D eigenvalue weighted by molar-refractivity contribution is 0.0975. The summed E-state index contributed by atoms with van der Waals surface area (Å²) in [6.45, 7) is 2.11. The van der Waals surface area contributed by atoms with E-state index in [1.165, 1.54) is 12.0 Å². The number of fused-ring (bicyclic) bond motifs is 2. The number of H-pyrrole nitrogens is 1. The highest BCUT2D eigenvalue weighted by molar-refractivity contribution is 6.07. The molecule has 0 radical (unpaired) electrons. The van der Waals surface area contributed by atoms with Crippen LogP contribution in [0, 0.1) is 0 Å². The lowest BCUT2D eigenvalue weighted by Crippen LogP contribution is -2.36. The highest BCUT2D eigenvalue weighted by Gasteiger charge is 2.34. The van der Waals surface area contributed by atoms with Crippen molar-refractivity contribution >= 4 is 11.6 Å². The second-order valence-corrected chi connectivity index (χ2v) is 6.09. The van der Waals surface area contributed by atoms with E-state index in [0.717, 1.165) is 42.6 Å². The number of benzene rings is 1. The van der Waals surface area contributed by atoms with E-state index in [1.54, 1.807) is 0 Å². The minimum atomic E-state index is 0.0480. The number of aromatic amines is 1. The highest BCUT2D eigenvalue weighted by Crippen LogP contribution is 2.34. The Hall–Kier alpha value is -2.10. The maximum Gasteiger partial charge on any atom is 0.279 e. The Morgan fingerprint density at radius 2 is 2.10 bits per heavy atom. The normalized spacial score (nSPS) is 20.2. The van der Waals surface area contributed by atoms with Gasteiger partial charge in [0, 0.05) is 23.0 Å². The zero-order chi connectivity index (χ0) is 14.4. The van der Waals surface area contributed by atoms with Gasteiger partial charge >= 0.3 is 0 Å². The number of nitrogens with one attached hydrogen (secondary N) is 1. The first-order valence-electron chi connectivity index (χ1n) is 7.73. The van der Waals surface area contributed by atoms with Crippen molar-refractivity contribution in [3.05, 3.63) is 46.8 Å². The molecule has 1 aliphatic carbocycles. The zero-order valence-corrected chi connectivity index (χ0v) is 12.2. The first-order valence-corrected chi connectivity index (χ1v) is 7.73. The Morgan fingerprint density at radius 1 is 1.29 bits per heavy atom. The van der Waals surface area contributed by atoms with Gasteiger partial charge in [-0.1, -0.05) is 18.2 Å². The van der Waals surface area contributed by atoms with E-state index in [9.17, 15) is 4.79 Å². The first kappa shape index (κ1) is 12.6. The topological polar surface area (TPSA) is 49.0 Å². The summed E-state index contributed by atoms with van der Waals surface area (Å²) in [4.78, 5) is 14.9. The highest BCUT2D eigenvalue weighted by atomic mass is 16.2. The van der Waals surface area contributed by atoms with Crippen molar-refractivity contribution < 1.29 is 4.79 Å². The van der Waals surface area contributed by atoms with E-state index in [0.29, 0.717) is 5.69 Å². The van der Waals surface area contributed by atoms with Crippen molar-refractivity contribution in [2.24, 2.45) is 0 Å². The summed E-state index contributed by atoms with van der Waals surface area (Å²) in [7, 11) is 0. The minimum absolute atomic E-state index is 0.0480. The predicted octanol–water partition coefficient (Wildman–Crippen LogP) is 2.88. The standard InChI is InChI=1S/C17H19N3O/c1-11-10-12-6-2-5-9-15(12)20(11)17(21)16-13-7-3-4-8-14(13)18-19-16/h2,5-6,9,11H,3-4,7-8,10H2,1H3,(H,18,19). The summed E-state index contributed by atoms with van der Waals surface area (Å²) in [5, 5.41) is 7.41. The molecule has 21 heavy (non-hydrogen) atoms. The fourth-order valence-corrected chi connectivity index (χ4v) is 3.65. The van der Waals surface area contributed by atoms with Gasteiger partial charge in [0.25, 0.3) is 5.91 Å². The predicted molar refractivity (Wildman–Crippen MR) is 81.6 cm³/mol. The summed E-state index contributed by atoms with van der Waals surface area (Å²) in [5.74, 6) is 0.0480. The molecule has 1 unspecified atom stereocenters. The Morgan fingerprint density at radius 3 is 3.00 bits per heavy atom. The Bertz CT molecular complexity index is 704. The van der Waals surface area contributed by atoms with E-state index in [2.05, 4.69) is 23.2 Å². The van der Waals surface area contributed by atoms with Crippen LogP contribution in [0.25, 0.3) is 0 Å². The number of rotatable bonds is 1. The Labute approximate surface area is 124 Å². The maximum atomic E-state index is 13.0. The molecule has 1 aromatic carbocycles. The molecule has 2 heterocycles. The van der Waals surface area contributed by atoms with Gasteiger partial charge in [0.15, 0.2) is 5.69 Å². The van der Waals surface area contributed by atoms with Crippen LogP contribution in [0.2, 0.25) is 0 Å². The average Bonchev–Trinajstić information content (AvgIpc) is 3.06. The van der Waals surface area contributed by atoms with Crippen molar-refractivity contribution in [2.75, 3.05) is 4.90 Å². The summed E-state index contributed by atoms with van der Waals surface area (Å²) in [6, 6.07) is 8.38. The number of carbonyl (C=O) groups excluding carboxylic acids is 1. The third-order valence-electron chi connectivity index (χ3n) is 4.68. The van der Waals surface area contributed by atoms with Crippen LogP contribution in [0.5, 0.6) is 0 Å². The van der Waals surface area contributed by atoms with Crippen LogP contribution in [0.3, 0.4) is 0 Å². The molecule has 1 amide bonds. The third-order valence-corrected chi connectivity index (χ3v) is 4.68. The quantitative estimate of drug-likeness (QED) is 0.873. The fraction of sp³-hybridized carbons (Fsp3) is 0.412. The van der Waals surface area contributed by atoms with Crippen LogP contribution in [0.1, 0.15) is 47.1 Å². The Kier molecular flexibility index (Phi) is 2.84. The first-order chi connectivity index (χ1) is 10.3. The number of hydrogen-bond acceptors (Lipinski definition) is 2. The lowest BCUT2D eigenvalue weighted by Gasteiger charge is -2.22. The molecule has 0 fully saturated rings. The smallest absolute Gasteiger partial charge is 0.279 e. The molecule has 0 saturated heterocycles. The summed E-state index contributed by atoms with van der Waals surface area (Å²) in [5.41, 5.74) is 5.23. The van der Waals surface area contributed by atoms with E-state index in [-0.39, 0.29) is 11.9 Å². The van der Waals surface area contributed by atoms with Crippen molar-refractivity contribution in [1.29, 1.82) is 0 Å². The van der Waals surface area contributed by atoms with Gasteiger partial charge in [-0.15, -0.1) is 0 Å².